The molecule has 1 heterocycles. The lowest BCUT2D eigenvalue weighted by Crippen LogP contribution is -2.03. The van der Waals surface area contributed by atoms with E-state index in [1.807, 2.05) is 19.1 Å². The van der Waals surface area contributed by atoms with Crippen LogP contribution >= 0.6 is 0 Å². The molecule has 0 bridgehead atoms. The van der Waals surface area contributed by atoms with Gasteiger partial charge in [0.1, 0.15) is 5.75 Å². The highest BCUT2D eigenvalue weighted by atomic mass is 16.3. The van der Waals surface area contributed by atoms with E-state index in [0.717, 1.165) is 23.9 Å². The quantitative estimate of drug-likeness (QED) is 0.751. The summed E-state index contributed by atoms with van der Waals surface area (Å²) in [5, 5.41) is 11.0. The van der Waals surface area contributed by atoms with E-state index in [2.05, 4.69) is 47.9 Å². The number of nitrogens with zero attached hydrogens (tertiary/aromatic N) is 1. The second-order valence-electron chi connectivity index (χ2n) is 5.26. The summed E-state index contributed by atoms with van der Waals surface area (Å²) in [7, 11) is 0. The van der Waals surface area contributed by atoms with Gasteiger partial charge in [0.05, 0.1) is 0 Å². The molecule has 0 saturated heterocycles. The molecule has 2 nitrogen and oxygen atoms in total. The fourth-order valence-corrected chi connectivity index (χ4v) is 2.70. The third-order valence-corrected chi connectivity index (χ3v) is 3.85. The van der Waals surface area contributed by atoms with Crippen LogP contribution in [0.5, 0.6) is 5.75 Å². The average Bonchev–Trinajstić information content (AvgIpc) is 2.78. The molecule has 3 aromatic rings. The Morgan fingerprint density at radius 3 is 2.50 bits per heavy atom. The number of aromatic hydroxyl groups is 1. The van der Waals surface area contributed by atoms with Gasteiger partial charge in [-0.2, -0.15) is 0 Å². The molecule has 20 heavy (non-hydrogen) atoms. The second kappa shape index (κ2) is 5.04. The first-order valence-corrected chi connectivity index (χ1v) is 7.04. The maximum absolute atomic E-state index is 9.87. The van der Waals surface area contributed by atoms with Gasteiger partial charge in [-0.25, -0.2) is 0 Å². The van der Waals surface area contributed by atoms with Crippen LogP contribution in [0.2, 0.25) is 0 Å². The van der Waals surface area contributed by atoms with E-state index in [4.69, 9.17) is 0 Å². The minimum atomic E-state index is 0.372. The number of benzene rings is 2. The summed E-state index contributed by atoms with van der Waals surface area (Å²) >= 11 is 0. The fourth-order valence-electron chi connectivity index (χ4n) is 2.70. The molecule has 0 radical (unpaired) electrons. The van der Waals surface area contributed by atoms with Crippen molar-refractivity contribution in [3.05, 3.63) is 65.4 Å². The molecule has 0 saturated carbocycles. The van der Waals surface area contributed by atoms with Crippen molar-refractivity contribution in [2.24, 2.45) is 0 Å². The van der Waals surface area contributed by atoms with Crippen molar-refractivity contribution in [3.63, 3.8) is 0 Å². The van der Waals surface area contributed by atoms with Crippen LogP contribution in [0.15, 0.2) is 48.5 Å². The van der Waals surface area contributed by atoms with E-state index in [1.54, 1.807) is 0 Å². The lowest BCUT2D eigenvalue weighted by atomic mass is 10.1. The van der Waals surface area contributed by atoms with E-state index in [-0.39, 0.29) is 0 Å². The van der Waals surface area contributed by atoms with Gasteiger partial charge in [-0.3, -0.25) is 0 Å². The normalized spacial score (nSPS) is 11.1. The smallest absolute Gasteiger partial charge is 0.119 e. The Balaban J connectivity index is 2.15. The Hall–Kier alpha value is -2.22. The fraction of sp³-hybridized carbons (Fsp3) is 0.222. The zero-order chi connectivity index (χ0) is 14.1. The van der Waals surface area contributed by atoms with Crippen LogP contribution in [-0.4, -0.2) is 9.67 Å². The SMILES string of the molecule is CCc1cc2cc(O)c(C)cc2n1Cc1ccccc1. The Morgan fingerprint density at radius 1 is 1.05 bits per heavy atom. The van der Waals surface area contributed by atoms with Crippen molar-refractivity contribution in [3.8, 4) is 5.75 Å². The molecule has 0 aliphatic heterocycles. The van der Waals surface area contributed by atoms with Gasteiger partial charge in [0.15, 0.2) is 0 Å². The van der Waals surface area contributed by atoms with Crippen LogP contribution in [0, 0.1) is 6.92 Å². The number of phenolic OH excluding ortho intramolecular Hbond substituents is 1. The third kappa shape index (κ3) is 2.18. The van der Waals surface area contributed by atoms with Gasteiger partial charge < -0.3 is 9.67 Å². The van der Waals surface area contributed by atoms with Crippen molar-refractivity contribution < 1.29 is 5.11 Å². The molecule has 1 N–H and O–H groups in total. The van der Waals surface area contributed by atoms with Crippen LogP contribution in [0.4, 0.5) is 0 Å². The summed E-state index contributed by atoms with van der Waals surface area (Å²) in [6.45, 7) is 4.99. The van der Waals surface area contributed by atoms with E-state index in [1.165, 1.54) is 16.8 Å². The maximum Gasteiger partial charge on any atom is 0.119 e. The number of phenols is 1. The Labute approximate surface area is 119 Å². The van der Waals surface area contributed by atoms with Crippen LogP contribution in [0.3, 0.4) is 0 Å². The van der Waals surface area contributed by atoms with Gasteiger partial charge in [-0.05, 0) is 42.7 Å². The molecule has 2 aromatic carbocycles. The van der Waals surface area contributed by atoms with Crippen LogP contribution in [-0.2, 0) is 13.0 Å². The van der Waals surface area contributed by atoms with Gasteiger partial charge in [0, 0.05) is 23.1 Å². The number of rotatable bonds is 3. The molecule has 0 spiro atoms. The highest BCUT2D eigenvalue weighted by Gasteiger charge is 2.10. The Bertz CT molecular complexity index is 741. The number of aromatic nitrogens is 1. The molecule has 102 valence electrons. The molecule has 0 unspecified atom stereocenters. The van der Waals surface area contributed by atoms with Crippen molar-refractivity contribution in [1.82, 2.24) is 4.57 Å². The van der Waals surface area contributed by atoms with Crippen molar-refractivity contribution in [2.45, 2.75) is 26.8 Å². The summed E-state index contributed by atoms with van der Waals surface area (Å²) in [5.41, 5.74) is 4.72. The van der Waals surface area contributed by atoms with Crippen LogP contribution in [0.1, 0.15) is 23.7 Å². The molecule has 1 aromatic heterocycles. The molecular formula is C18H19NO. The lowest BCUT2D eigenvalue weighted by molar-refractivity contribution is 0.472. The Morgan fingerprint density at radius 2 is 1.80 bits per heavy atom. The van der Waals surface area contributed by atoms with Gasteiger partial charge in [0.25, 0.3) is 0 Å². The highest BCUT2D eigenvalue weighted by Crippen LogP contribution is 2.28. The van der Waals surface area contributed by atoms with Gasteiger partial charge >= 0.3 is 0 Å². The third-order valence-electron chi connectivity index (χ3n) is 3.85. The highest BCUT2D eigenvalue weighted by molar-refractivity contribution is 5.84. The zero-order valence-electron chi connectivity index (χ0n) is 11.9. The summed E-state index contributed by atoms with van der Waals surface area (Å²) in [6.07, 6.45) is 0.987. The molecule has 0 atom stereocenters. The minimum Gasteiger partial charge on any atom is -0.508 e. The molecule has 0 aliphatic rings. The van der Waals surface area contributed by atoms with Crippen molar-refractivity contribution >= 4 is 10.9 Å². The molecule has 2 heteroatoms. The number of aryl methyl sites for hydroxylation is 2. The number of hydrogen-bond donors (Lipinski definition) is 1. The summed E-state index contributed by atoms with van der Waals surface area (Å²) in [5.74, 6) is 0.372. The van der Waals surface area contributed by atoms with Gasteiger partial charge in [0.2, 0.25) is 0 Å². The van der Waals surface area contributed by atoms with Crippen LogP contribution < -0.4 is 0 Å². The maximum atomic E-state index is 9.87. The van der Waals surface area contributed by atoms with Gasteiger partial charge in [-0.1, -0.05) is 37.3 Å². The first-order valence-electron chi connectivity index (χ1n) is 7.04. The van der Waals surface area contributed by atoms with E-state index in [0.29, 0.717) is 5.75 Å². The van der Waals surface area contributed by atoms with E-state index < -0.39 is 0 Å². The Kier molecular flexibility index (Phi) is 3.23. The van der Waals surface area contributed by atoms with Gasteiger partial charge in [-0.15, -0.1) is 0 Å². The van der Waals surface area contributed by atoms with E-state index >= 15 is 0 Å². The number of fused-ring (bicyclic) bond motifs is 1. The monoisotopic (exact) mass is 265 g/mol. The van der Waals surface area contributed by atoms with Crippen molar-refractivity contribution in [1.29, 1.82) is 0 Å². The molecule has 0 aliphatic carbocycles. The summed E-state index contributed by atoms with van der Waals surface area (Å²) < 4.78 is 2.34. The standard InChI is InChI=1S/C18H19NO/c1-3-16-10-15-11-18(20)13(2)9-17(15)19(16)12-14-7-5-4-6-8-14/h4-11,20H,3,12H2,1-2H3. The first-order chi connectivity index (χ1) is 9.69. The minimum absolute atomic E-state index is 0.372. The average molecular weight is 265 g/mol. The first kappa shape index (κ1) is 12.8. The largest absolute Gasteiger partial charge is 0.508 e. The number of hydrogen-bond acceptors (Lipinski definition) is 1. The molecule has 3 rings (SSSR count). The molecular weight excluding hydrogens is 246 g/mol. The molecule has 0 fully saturated rings. The van der Waals surface area contributed by atoms with Crippen molar-refractivity contribution in [2.75, 3.05) is 0 Å². The topological polar surface area (TPSA) is 25.2 Å². The lowest BCUT2D eigenvalue weighted by Gasteiger charge is -2.10. The summed E-state index contributed by atoms with van der Waals surface area (Å²) in [6, 6.07) is 16.6. The predicted molar refractivity (Wildman–Crippen MR) is 83.3 cm³/mol. The zero-order valence-corrected chi connectivity index (χ0v) is 11.9. The van der Waals surface area contributed by atoms with E-state index in [9.17, 15) is 5.11 Å². The predicted octanol–water partition coefficient (Wildman–Crippen LogP) is 4.27. The van der Waals surface area contributed by atoms with Crippen LogP contribution in [0.25, 0.3) is 10.9 Å². The summed E-state index contributed by atoms with van der Waals surface area (Å²) in [4.78, 5) is 0. The molecule has 0 amide bonds. The second-order valence-corrected chi connectivity index (χ2v) is 5.26.